The Morgan fingerprint density at radius 1 is 1.39 bits per heavy atom. The van der Waals surface area contributed by atoms with E-state index in [4.69, 9.17) is 4.74 Å². The van der Waals surface area contributed by atoms with Crippen LogP contribution in [0.2, 0.25) is 0 Å². The fourth-order valence-corrected chi connectivity index (χ4v) is 3.78. The zero-order valence-corrected chi connectivity index (χ0v) is 10.5. The van der Waals surface area contributed by atoms with Gasteiger partial charge in [0.25, 0.3) is 0 Å². The van der Waals surface area contributed by atoms with Crippen molar-refractivity contribution in [2.75, 3.05) is 6.61 Å². The van der Waals surface area contributed by atoms with E-state index in [0.29, 0.717) is 18.4 Å². The third kappa shape index (κ3) is 1.21. The number of ether oxygens (including phenoxy) is 1. The molecule has 0 spiro atoms. The van der Waals surface area contributed by atoms with E-state index in [-0.39, 0.29) is 11.9 Å². The largest absolute Gasteiger partial charge is 0.466 e. The summed E-state index contributed by atoms with van der Waals surface area (Å²) in [5, 5.41) is 0. The van der Waals surface area contributed by atoms with Crippen LogP contribution in [0.5, 0.6) is 0 Å². The average Bonchev–Trinajstić information content (AvgIpc) is 2.96. The molecule has 0 unspecified atom stereocenters. The van der Waals surface area contributed by atoms with Gasteiger partial charge in [-0.25, -0.2) is 0 Å². The summed E-state index contributed by atoms with van der Waals surface area (Å²) in [5.41, 5.74) is 5.77. The molecule has 92 valence electrons. The van der Waals surface area contributed by atoms with Crippen LogP contribution < -0.4 is 0 Å². The Kier molecular flexibility index (Phi) is 2.00. The number of rotatable bonds is 2. The van der Waals surface area contributed by atoms with Gasteiger partial charge in [-0.05, 0) is 47.9 Å². The van der Waals surface area contributed by atoms with Crippen molar-refractivity contribution in [2.45, 2.75) is 25.7 Å². The molecule has 3 atom stereocenters. The zero-order chi connectivity index (χ0) is 12.3. The first-order chi connectivity index (χ1) is 8.81. The molecule has 0 N–H and O–H groups in total. The number of carbonyl (C=O) groups is 1. The Balaban J connectivity index is 1.76. The van der Waals surface area contributed by atoms with Crippen molar-refractivity contribution in [3.05, 3.63) is 41.0 Å². The quantitative estimate of drug-likeness (QED) is 0.743. The Labute approximate surface area is 107 Å². The highest BCUT2D eigenvalue weighted by molar-refractivity contribution is 5.86. The van der Waals surface area contributed by atoms with E-state index < -0.39 is 0 Å². The van der Waals surface area contributed by atoms with Crippen LogP contribution in [0, 0.1) is 11.8 Å². The number of aryl methyl sites for hydroxylation is 1. The number of benzene rings is 1. The number of fused-ring (bicyclic) bond motifs is 2. The highest BCUT2D eigenvalue weighted by Crippen LogP contribution is 2.62. The summed E-state index contributed by atoms with van der Waals surface area (Å²) in [6, 6.07) is 6.57. The summed E-state index contributed by atoms with van der Waals surface area (Å²) in [6.07, 6.45) is 4.65. The van der Waals surface area contributed by atoms with Gasteiger partial charge in [0.15, 0.2) is 0 Å². The molecule has 1 aromatic carbocycles. The van der Waals surface area contributed by atoms with Gasteiger partial charge < -0.3 is 4.74 Å². The average molecular weight is 240 g/mol. The standard InChI is InChI=1S/C16H16O2/c1-2-18-16(17)15-12-8-10-7-6-9-4-3-5-11(13(9)10)14(12)15/h3-5,8,12,14-15H,2,6-7H2,1H3/t12-,14-,15-/m1/s1. The van der Waals surface area contributed by atoms with Crippen molar-refractivity contribution in [1.82, 2.24) is 0 Å². The third-order valence-corrected chi connectivity index (χ3v) is 4.55. The molecule has 2 heteroatoms. The highest BCUT2D eigenvalue weighted by atomic mass is 16.5. The molecule has 18 heavy (non-hydrogen) atoms. The minimum Gasteiger partial charge on any atom is -0.466 e. The minimum atomic E-state index is -0.0121. The van der Waals surface area contributed by atoms with Gasteiger partial charge in [0, 0.05) is 5.92 Å². The minimum absolute atomic E-state index is 0.0121. The molecule has 1 saturated carbocycles. The van der Waals surface area contributed by atoms with Crippen LogP contribution in [0.1, 0.15) is 36.0 Å². The molecular formula is C16H16O2. The van der Waals surface area contributed by atoms with Crippen molar-refractivity contribution in [1.29, 1.82) is 0 Å². The van der Waals surface area contributed by atoms with Gasteiger partial charge in [-0.15, -0.1) is 0 Å². The molecule has 1 fully saturated rings. The number of esters is 1. The van der Waals surface area contributed by atoms with Crippen LogP contribution >= 0.6 is 0 Å². The molecule has 0 amide bonds. The van der Waals surface area contributed by atoms with E-state index in [2.05, 4.69) is 24.3 Å². The molecule has 3 aliphatic carbocycles. The first-order valence-corrected chi connectivity index (χ1v) is 6.80. The predicted octanol–water partition coefficient (Wildman–Crippen LogP) is 2.92. The normalized spacial score (nSPS) is 30.3. The van der Waals surface area contributed by atoms with E-state index in [1.165, 1.54) is 28.7 Å². The highest BCUT2D eigenvalue weighted by Gasteiger charge is 2.58. The number of allylic oxidation sites excluding steroid dienone is 2. The second kappa shape index (κ2) is 3.47. The fraction of sp³-hybridized carbons (Fsp3) is 0.438. The molecule has 1 aromatic rings. The lowest BCUT2D eigenvalue weighted by Gasteiger charge is -2.13. The van der Waals surface area contributed by atoms with Crippen molar-refractivity contribution >= 4 is 11.5 Å². The molecular weight excluding hydrogens is 224 g/mol. The lowest BCUT2D eigenvalue weighted by atomic mass is 9.91. The SMILES string of the molecule is CCOC(=O)[C@@H]1[C@@H]2C=C3CCc4cccc(c43)[C@H]21. The molecule has 0 saturated heterocycles. The smallest absolute Gasteiger partial charge is 0.310 e. The molecule has 3 aliphatic rings. The van der Waals surface area contributed by atoms with Crippen molar-refractivity contribution in [2.24, 2.45) is 11.8 Å². The molecule has 0 heterocycles. The van der Waals surface area contributed by atoms with Gasteiger partial charge in [0.1, 0.15) is 0 Å². The maximum atomic E-state index is 11.9. The summed E-state index contributed by atoms with van der Waals surface area (Å²) in [6.45, 7) is 2.36. The van der Waals surface area contributed by atoms with Crippen LogP contribution in [0.4, 0.5) is 0 Å². The molecule has 0 radical (unpaired) electrons. The van der Waals surface area contributed by atoms with E-state index in [9.17, 15) is 4.79 Å². The van der Waals surface area contributed by atoms with Gasteiger partial charge >= 0.3 is 5.97 Å². The number of hydrogen-bond donors (Lipinski definition) is 0. The fourth-order valence-electron chi connectivity index (χ4n) is 3.78. The molecule has 0 aromatic heterocycles. The molecule has 0 aliphatic heterocycles. The Morgan fingerprint density at radius 3 is 3.11 bits per heavy atom. The molecule has 4 rings (SSSR count). The second-order valence-corrected chi connectivity index (χ2v) is 5.45. The zero-order valence-electron chi connectivity index (χ0n) is 10.5. The Morgan fingerprint density at radius 2 is 2.28 bits per heavy atom. The Hall–Kier alpha value is -1.57. The number of hydrogen-bond acceptors (Lipinski definition) is 2. The van der Waals surface area contributed by atoms with Crippen LogP contribution in [0.25, 0.3) is 5.57 Å². The maximum absolute atomic E-state index is 11.9. The van der Waals surface area contributed by atoms with Gasteiger partial charge in [-0.1, -0.05) is 24.3 Å². The van der Waals surface area contributed by atoms with Crippen LogP contribution in [0.3, 0.4) is 0 Å². The summed E-state index contributed by atoms with van der Waals surface area (Å²) < 4.78 is 5.19. The number of carbonyl (C=O) groups excluding carboxylic acids is 1. The first-order valence-electron chi connectivity index (χ1n) is 6.80. The lowest BCUT2D eigenvalue weighted by molar-refractivity contribution is -0.145. The third-order valence-electron chi connectivity index (χ3n) is 4.55. The summed E-state index contributed by atoms with van der Waals surface area (Å²) in [4.78, 5) is 11.9. The summed E-state index contributed by atoms with van der Waals surface area (Å²) >= 11 is 0. The van der Waals surface area contributed by atoms with Gasteiger partial charge in [-0.2, -0.15) is 0 Å². The Bertz CT molecular complexity index is 570. The van der Waals surface area contributed by atoms with Gasteiger partial charge in [-0.3, -0.25) is 4.79 Å². The monoisotopic (exact) mass is 240 g/mol. The van der Waals surface area contributed by atoms with E-state index >= 15 is 0 Å². The van der Waals surface area contributed by atoms with Crippen LogP contribution in [0.15, 0.2) is 24.3 Å². The van der Waals surface area contributed by atoms with Crippen molar-refractivity contribution in [3.63, 3.8) is 0 Å². The van der Waals surface area contributed by atoms with Crippen molar-refractivity contribution < 1.29 is 9.53 Å². The topological polar surface area (TPSA) is 26.3 Å². The van der Waals surface area contributed by atoms with Crippen molar-refractivity contribution in [3.8, 4) is 0 Å². The van der Waals surface area contributed by atoms with E-state index in [0.717, 1.165) is 6.42 Å². The van der Waals surface area contributed by atoms with E-state index in [1.807, 2.05) is 6.92 Å². The van der Waals surface area contributed by atoms with Crippen LogP contribution in [-0.4, -0.2) is 12.6 Å². The molecule has 0 bridgehead atoms. The second-order valence-electron chi connectivity index (χ2n) is 5.45. The first kappa shape index (κ1) is 10.4. The summed E-state index contributed by atoms with van der Waals surface area (Å²) in [7, 11) is 0. The lowest BCUT2D eigenvalue weighted by Crippen LogP contribution is -2.08. The predicted molar refractivity (Wildman–Crippen MR) is 69.1 cm³/mol. The van der Waals surface area contributed by atoms with Gasteiger partial charge in [0.2, 0.25) is 0 Å². The van der Waals surface area contributed by atoms with Gasteiger partial charge in [0.05, 0.1) is 12.5 Å². The van der Waals surface area contributed by atoms with Crippen LogP contribution in [-0.2, 0) is 16.0 Å². The maximum Gasteiger partial charge on any atom is 0.310 e. The van der Waals surface area contributed by atoms with E-state index in [1.54, 1.807) is 0 Å². The molecule has 2 nitrogen and oxygen atoms in total. The summed E-state index contributed by atoms with van der Waals surface area (Å²) in [5.74, 6) is 0.859.